The molecule has 0 N–H and O–H groups in total. The highest BCUT2D eigenvalue weighted by Crippen LogP contribution is 2.29. The van der Waals surface area contributed by atoms with E-state index in [-0.39, 0.29) is 5.56 Å². The summed E-state index contributed by atoms with van der Waals surface area (Å²) in [6.45, 7) is 1.15. The summed E-state index contributed by atoms with van der Waals surface area (Å²) in [4.78, 5) is 40.1. The van der Waals surface area contributed by atoms with Crippen molar-refractivity contribution in [1.29, 1.82) is 0 Å². The third kappa shape index (κ3) is 3.40. The fourth-order valence-electron chi connectivity index (χ4n) is 3.05. The van der Waals surface area contributed by atoms with Crippen molar-refractivity contribution in [3.8, 4) is 11.5 Å². The maximum absolute atomic E-state index is 13.2. The minimum absolute atomic E-state index is 0.283. The number of benzene rings is 2. The van der Waals surface area contributed by atoms with Gasteiger partial charge in [0.2, 0.25) is 0 Å². The van der Waals surface area contributed by atoms with Gasteiger partial charge in [0.15, 0.2) is 17.3 Å². The Hall–Kier alpha value is -3.42. The molecule has 8 heteroatoms. The van der Waals surface area contributed by atoms with E-state index in [0.717, 1.165) is 4.90 Å². The third-order valence-corrected chi connectivity index (χ3v) is 4.56. The van der Waals surface area contributed by atoms with Gasteiger partial charge in [-0.15, -0.1) is 0 Å². The van der Waals surface area contributed by atoms with Gasteiger partial charge in [-0.25, -0.2) is 9.18 Å². The fraction of sp³-hybridized carbons (Fsp3) is 0.250. The number of amides is 3. The van der Waals surface area contributed by atoms with Gasteiger partial charge in [0, 0.05) is 11.3 Å². The zero-order valence-electron chi connectivity index (χ0n) is 15.6. The molecule has 0 radical (unpaired) electrons. The van der Waals surface area contributed by atoms with Crippen LogP contribution in [0.15, 0.2) is 42.5 Å². The molecule has 0 unspecified atom stereocenters. The van der Waals surface area contributed by atoms with E-state index in [1.54, 1.807) is 13.0 Å². The number of hydrogen-bond donors (Lipinski definition) is 0. The van der Waals surface area contributed by atoms with Gasteiger partial charge in [0.1, 0.15) is 11.9 Å². The van der Waals surface area contributed by atoms with Crippen LogP contribution in [0.1, 0.15) is 17.3 Å². The Morgan fingerprint density at radius 1 is 1.04 bits per heavy atom. The van der Waals surface area contributed by atoms with Crippen LogP contribution >= 0.6 is 0 Å². The maximum atomic E-state index is 13.2. The Balaban J connectivity index is 1.82. The summed E-state index contributed by atoms with van der Waals surface area (Å²) in [5, 5.41) is 0. The lowest BCUT2D eigenvalue weighted by molar-refractivity contribution is -0.126. The summed E-state index contributed by atoms with van der Waals surface area (Å²) in [6.07, 6.45) is 0. The van der Waals surface area contributed by atoms with Crippen LogP contribution in [-0.2, 0) is 4.79 Å². The molecule has 1 heterocycles. The second-order valence-corrected chi connectivity index (χ2v) is 6.22. The molecule has 1 atom stereocenters. The maximum Gasteiger partial charge on any atom is 0.332 e. The number of ether oxygens (including phenoxy) is 2. The molecular formula is C20H19FN2O5. The van der Waals surface area contributed by atoms with E-state index in [1.807, 2.05) is 0 Å². The van der Waals surface area contributed by atoms with Crippen LogP contribution in [0.4, 0.5) is 14.9 Å². The van der Waals surface area contributed by atoms with Gasteiger partial charge >= 0.3 is 6.03 Å². The molecule has 0 aliphatic carbocycles. The van der Waals surface area contributed by atoms with E-state index in [9.17, 15) is 18.8 Å². The predicted octanol–water partition coefficient (Wildman–Crippen LogP) is 2.88. The molecule has 1 aliphatic heterocycles. The molecule has 0 spiro atoms. The molecule has 2 aromatic rings. The van der Waals surface area contributed by atoms with E-state index < -0.39 is 36.1 Å². The first kappa shape index (κ1) is 19.3. The average molecular weight is 386 g/mol. The normalized spacial score (nSPS) is 16.5. The molecule has 0 aromatic heterocycles. The Bertz CT molecular complexity index is 929. The first-order valence-electron chi connectivity index (χ1n) is 8.52. The van der Waals surface area contributed by atoms with Gasteiger partial charge in [-0.05, 0) is 49.4 Å². The number of methoxy groups -OCH3 is 2. The van der Waals surface area contributed by atoms with Crippen LogP contribution in [0, 0.1) is 5.82 Å². The van der Waals surface area contributed by atoms with Crippen LogP contribution < -0.4 is 14.4 Å². The number of halogens is 1. The van der Waals surface area contributed by atoms with Crippen molar-refractivity contribution in [3.63, 3.8) is 0 Å². The van der Waals surface area contributed by atoms with Gasteiger partial charge in [-0.3, -0.25) is 19.4 Å². The number of urea groups is 1. The average Bonchev–Trinajstić information content (AvgIpc) is 2.91. The Morgan fingerprint density at radius 3 is 2.29 bits per heavy atom. The van der Waals surface area contributed by atoms with Crippen molar-refractivity contribution in [1.82, 2.24) is 4.90 Å². The summed E-state index contributed by atoms with van der Waals surface area (Å²) in [5.41, 5.74) is 0.666. The number of Topliss-reactive ketones (excluding diaryl/α,β-unsaturated/α-hetero) is 1. The molecule has 3 rings (SSSR count). The molecule has 1 fully saturated rings. The zero-order chi connectivity index (χ0) is 20.4. The van der Waals surface area contributed by atoms with Gasteiger partial charge in [0.05, 0.1) is 20.8 Å². The number of nitrogens with zero attached hydrogens (tertiary/aromatic N) is 2. The first-order valence-corrected chi connectivity index (χ1v) is 8.52. The van der Waals surface area contributed by atoms with E-state index in [0.29, 0.717) is 17.2 Å². The number of carbonyl (C=O) groups excluding carboxylic acids is 3. The number of imide groups is 1. The monoisotopic (exact) mass is 386 g/mol. The summed E-state index contributed by atoms with van der Waals surface area (Å²) >= 11 is 0. The number of hydrogen-bond acceptors (Lipinski definition) is 5. The standard InChI is InChI=1S/C20H19FN2O5/c1-12-19(25)22(20(26)23(12)15-7-5-14(21)6-8-15)11-16(24)13-4-9-17(27-2)18(10-13)28-3/h4-10,12H,11H2,1-3H3/t12-/m1/s1. The van der Waals surface area contributed by atoms with Gasteiger partial charge in [0.25, 0.3) is 5.91 Å². The molecular weight excluding hydrogens is 367 g/mol. The lowest BCUT2D eigenvalue weighted by Gasteiger charge is -2.19. The SMILES string of the molecule is COc1ccc(C(=O)CN2C(=O)[C@@H](C)N(c3ccc(F)cc3)C2=O)cc1OC. The molecule has 7 nitrogen and oxygen atoms in total. The largest absolute Gasteiger partial charge is 0.493 e. The Kier molecular flexibility index (Phi) is 5.30. The number of anilines is 1. The lowest BCUT2D eigenvalue weighted by Crippen LogP contribution is -2.37. The van der Waals surface area contributed by atoms with E-state index in [2.05, 4.69) is 0 Å². The molecule has 3 amide bonds. The van der Waals surface area contributed by atoms with Crippen molar-refractivity contribution >= 4 is 23.4 Å². The topological polar surface area (TPSA) is 76.2 Å². The Morgan fingerprint density at radius 2 is 1.68 bits per heavy atom. The van der Waals surface area contributed by atoms with Crippen molar-refractivity contribution in [2.45, 2.75) is 13.0 Å². The first-order chi connectivity index (χ1) is 13.4. The van der Waals surface area contributed by atoms with Crippen LogP contribution in [0.2, 0.25) is 0 Å². The van der Waals surface area contributed by atoms with Crippen molar-refractivity contribution in [3.05, 3.63) is 53.8 Å². The van der Waals surface area contributed by atoms with Crippen LogP contribution in [0.25, 0.3) is 0 Å². The summed E-state index contributed by atoms with van der Waals surface area (Å²) in [6, 6.07) is 8.42. The highest BCUT2D eigenvalue weighted by atomic mass is 19.1. The van der Waals surface area contributed by atoms with Crippen molar-refractivity contribution < 1.29 is 28.2 Å². The highest BCUT2D eigenvalue weighted by molar-refractivity contribution is 6.16. The van der Waals surface area contributed by atoms with Crippen molar-refractivity contribution in [2.75, 3.05) is 25.7 Å². The predicted molar refractivity (Wildman–Crippen MR) is 99.3 cm³/mol. The fourth-order valence-corrected chi connectivity index (χ4v) is 3.05. The summed E-state index contributed by atoms with van der Waals surface area (Å²) < 4.78 is 23.5. The second-order valence-electron chi connectivity index (χ2n) is 6.22. The number of ketones is 1. The minimum atomic E-state index is -0.795. The molecule has 146 valence electrons. The summed E-state index contributed by atoms with van der Waals surface area (Å²) in [7, 11) is 2.92. The molecule has 0 bridgehead atoms. The van der Waals surface area contributed by atoms with E-state index in [4.69, 9.17) is 9.47 Å². The number of rotatable bonds is 6. The molecule has 0 saturated carbocycles. The summed E-state index contributed by atoms with van der Waals surface area (Å²) in [5.74, 6) is -0.536. The van der Waals surface area contributed by atoms with E-state index in [1.165, 1.54) is 55.5 Å². The highest BCUT2D eigenvalue weighted by Gasteiger charge is 2.44. The number of carbonyl (C=O) groups is 3. The third-order valence-electron chi connectivity index (χ3n) is 4.56. The van der Waals surface area contributed by atoms with Crippen LogP contribution in [0.3, 0.4) is 0 Å². The minimum Gasteiger partial charge on any atom is -0.493 e. The zero-order valence-corrected chi connectivity index (χ0v) is 15.6. The van der Waals surface area contributed by atoms with Gasteiger partial charge in [-0.2, -0.15) is 0 Å². The molecule has 28 heavy (non-hydrogen) atoms. The van der Waals surface area contributed by atoms with Crippen LogP contribution in [-0.4, -0.2) is 49.4 Å². The van der Waals surface area contributed by atoms with Gasteiger partial charge in [-0.1, -0.05) is 0 Å². The lowest BCUT2D eigenvalue weighted by atomic mass is 10.1. The molecule has 1 aliphatic rings. The molecule has 2 aromatic carbocycles. The quantitative estimate of drug-likeness (QED) is 0.564. The Labute approximate surface area is 161 Å². The molecule has 1 saturated heterocycles. The van der Waals surface area contributed by atoms with Gasteiger partial charge < -0.3 is 9.47 Å². The van der Waals surface area contributed by atoms with Crippen molar-refractivity contribution in [2.24, 2.45) is 0 Å². The smallest absolute Gasteiger partial charge is 0.332 e. The second kappa shape index (κ2) is 7.67. The van der Waals surface area contributed by atoms with E-state index >= 15 is 0 Å². The van der Waals surface area contributed by atoms with Crippen LogP contribution in [0.5, 0.6) is 11.5 Å².